The molecular weight excluding hydrogens is 522 g/mol. The molecule has 0 radical (unpaired) electrons. The van der Waals surface area contributed by atoms with Crippen molar-refractivity contribution in [2.24, 2.45) is 0 Å². The largest absolute Gasteiger partial charge is 0.462 e. The summed E-state index contributed by atoms with van der Waals surface area (Å²) in [5.74, 6) is -0.723. The summed E-state index contributed by atoms with van der Waals surface area (Å²) < 4.78 is 6.79. The molecule has 0 aliphatic heterocycles. The second-order valence-corrected chi connectivity index (χ2v) is 11.0. The van der Waals surface area contributed by atoms with Crippen LogP contribution in [0.15, 0.2) is 40.4 Å². The van der Waals surface area contributed by atoms with E-state index >= 15 is 0 Å². The number of aryl methyl sites for hydroxylation is 1. The van der Waals surface area contributed by atoms with Gasteiger partial charge in [-0.25, -0.2) is 14.5 Å². The van der Waals surface area contributed by atoms with E-state index in [1.54, 1.807) is 42.8 Å². The summed E-state index contributed by atoms with van der Waals surface area (Å²) in [4.78, 5) is 46.7. The number of benzene rings is 1. The number of amides is 1. The lowest BCUT2D eigenvalue weighted by molar-refractivity contribution is -0.115. The van der Waals surface area contributed by atoms with E-state index in [0.717, 1.165) is 41.5 Å². The molecule has 3 heterocycles. The Kier molecular flexibility index (Phi) is 6.87. The number of thioether (sulfide) groups is 1. The summed E-state index contributed by atoms with van der Waals surface area (Å²) in [7, 11) is 0. The van der Waals surface area contributed by atoms with Crippen LogP contribution in [0.25, 0.3) is 16.7 Å². The molecule has 2 N–H and O–H groups in total. The number of hydrogen-bond acceptors (Lipinski definition) is 8. The van der Waals surface area contributed by atoms with Gasteiger partial charge in [0, 0.05) is 9.90 Å². The maximum absolute atomic E-state index is 13.1. The van der Waals surface area contributed by atoms with Crippen LogP contribution in [0.4, 0.5) is 5.00 Å². The molecule has 0 saturated heterocycles. The van der Waals surface area contributed by atoms with Crippen molar-refractivity contribution in [2.75, 3.05) is 11.9 Å². The smallest absolute Gasteiger partial charge is 0.341 e. The Morgan fingerprint density at radius 3 is 2.83 bits per heavy atom. The Hall–Kier alpha value is -3.15. The van der Waals surface area contributed by atoms with Crippen LogP contribution >= 0.6 is 34.7 Å². The first-order valence-corrected chi connectivity index (χ1v) is 13.5. The van der Waals surface area contributed by atoms with Crippen molar-refractivity contribution < 1.29 is 14.3 Å². The highest BCUT2D eigenvalue weighted by molar-refractivity contribution is 8.00. The van der Waals surface area contributed by atoms with E-state index in [-0.39, 0.29) is 23.2 Å². The van der Waals surface area contributed by atoms with E-state index in [2.05, 4.69) is 20.4 Å². The number of hydrogen-bond donors (Lipinski definition) is 2. The molecule has 9 nitrogen and oxygen atoms in total. The third-order valence-electron chi connectivity index (χ3n) is 5.78. The molecule has 0 fully saturated rings. The number of thiophene rings is 1. The van der Waals surface area contributed by atoms with Crippen LogP contribution in [0.1, 0.15) is 41.1 Å². The fourth-order valence-electron chi connectivity index (χ4n) is 4.07. The fraction of sp³-hybridized carbons (Fsp3) is 0.292. The predicted octanol–water partition coefficient (Wildman–Crippen LogP) is 4.61. The molecule has 0 bridgehead atoms. The number of carbonyl (C=O) groups is 2. The summed E-state index contributed by atoms with van der Waals surface area (Å²) in [5, 5.41) is 8.29. The van der Waals surface area contributed by atoms with Crippen LogP contribution in [0, 0.1) is 0 Å². The number of aromatic nitrogens is 4. The highest BCUT2D eigenvalue weighted by Crippen LogP contribution is 2.40. The average Bonchev–Trinajstić information content (AvgIpc) is 3.54. The topological polar surface area (TPSA) is 119 Å². The number of aromatic amines is 1. The zero-order valence-electron chi connectivity index (χ0n) is 19.5. The van der Waals surface area contributed by atoms with Gasteiger partial charge in [-0.1, -0.05) is 23.4 Å². The number of anilines is 1. The van der Waals surface area contributed by atoms with Crippen molar-refractivity contribution in [3.05, 3.63) is 61.8 Å². The Morgan fingerprint density at radius 1 is 1.31 bits per heavy atom. The summed E-state index contributed by atoms with van der Waals surface area (Å²) in [6, 6.07) is 7.01. The molecular formula is C24H22ClN5O4S2. The third-order valence-corrected chi connectivity index (χ3v) is 8.23. The summed E-state index contributed by atoms with van der Waals surface area (Å²) in [5.41, 5.74) is 2.15. The molecule has 0 saturated carbocycles. The first-order valence-electron chi connectivity index (χ1n) is 11.4. The van der Waals surface area contributed by atoms with Crippen LogP contribution in [0.3, 0.4) is 0 Å². The van der Waals surface area contributed by atoms with E-state index in [0.29, 0.717) is 32.3 Å². The van der Waals surface area contributed by atoms with Gasteiger partial charge in [0.05, 0.1) is 29.3 Å². The molecule has 1 aliphatic rings. The van der Waals surface area contributed by atoms with Crippen LogP contribution in [-0.4, -0.2) is 43.5 Å². The van der Waals surface area contributed by atoms with Gasteiger partial charge in [0.1, 0.15) is 10.4 Å². The van der Waals surface area contributed by atoms with Crippen molar-refractivity contribution >= 4 is 62.6 Å². The Morgan fingerprint density at radius 2 is 2.08 bits per heavy atom. The van der Waals surface area contributed by atoms with Crippen LogP contribution in [0.2, 0.25) is 5.02 Å². The quantitative estimate of drug-likeness (QED) is 0.198. The molecule has 36 heavy (non-hydrogen) atoms. The van der Waals surface area contributed by atoms with Gasteiger partial charge in [0.2, 0.25) is 5.91 Å². The summed E-state index contributed by atoms with van der Waals surface area (Å²) in [6.45, 7) is 3.73. The predicted molar refractivity (Wildman–Crippen MR) is 141 cm³/mol. The minimum absolute atomic E-state index is 0.261. The number of carbonyl (C=O) groups excluding carboxylic acids is 2. The molecule has 186 valence electrons. The SMILES string of the molecule is CCOC(=O)c1c(NC(=O)C(C)Sc2nc3c(cnn3-c3ccc(Cl)cc3)c(=O)[nH]2)sc2c1CCC2. The molecule has 1 aliphatic carbocycles. The highest BCUT2D eigenvalue weighted by atomic mass is 35.5. The van der Waals surface area contributed by atoms with Gasteiger partial charge in [-0.15, -0.1) is 11.3 Å². The number of ether oxygens (including phenoxy) is 1. The number of H-pyrrole nitrogens is 1. The van der Waals surface area contributed by atoms with Crippen molar-refractivity contribution in [3.8, 4) is 5.69 Å². The number of esters is 1. The summed E-state index contributed by atoms with van der Waals surface area (Å²) in [6.07, 6.45) is 4.13. The average molecular weight is 544 g/mol. The van der Waals surface area contributed by atoms with Gasteiger partial charge in [-0.3, -0.25) is 9.59 Å². The van der Waals surface area contributed by atoms with E-state index in [9.17, 15) is 14.4 Å². The van der Waals surface area contributed by atoms with Crippen LogP contribution in [0.5, 0.6) is 0 Å². The Bertz CT molecular complexity index is 1530. The normalized spacial score (nSPS) is 13.5. The number of nitrogens with zero attached hydrogens (tertiary/aromatic N) is 3. The molecule has 1 unspecified atom stereocenters. The van der Waals surface area contributed by atoms with Gasteiger partial charge in [0.25, 0.3) is 5.56 Å². The Labute approximate surface area is 219 Å². The third kappa shape index (κ3) is 4.65. The maximum atomic E-state index is 13.1. The second-order valence-electron chi connectivity index (χ2n) is 8.17. The second kappa shape index (κ2) is 10.1. The van der Waals surface area contributed by atoms with Gasteiger partial charge in [-0.2, -0.15) is 5.10 Å². The van der Waals surface area contributed by atoms with Gasteiger partial charge >= 0.3 is 5.97 Å². The highest BCUT2D eigenvalue weighted by Gasteiger charge is 2.29. The lowest BCUT2D eigenvalue weighted by Crippen LogP contribution is -2.24. The Balaban J connectivity index is 1.38. The monoisotopic (exact) mass is 543 g/mol. The van der Waals surface area contributed by atoms with E-state index in [1.165, 1.54) is 17.5 Å². The van der Waals surface area contributed by atoms with E-state index in [4.69, 9.17) is 16.3 Å². The van der Waals surface area contributed by atoms with Crippen LogP contribution in [-0.2, 0) is 22.4 Å². The molecule has 1 amide bonds. The molecule has 1 aromatic carbocycles. The molecule has 12 heteroatoms. The minimum Gasteiger partial charge on any atom is -0.462 e. The molecule has 0 spiro atoms. The zero-order valence-corrected chi connectivity index (χ0v) is 21.9. The molecule has 3 aromatic heterocycles. The number of rotatable bonds is 7. The molecule has 4 aromatic rings. The lowest BCUT2D eigenvalue weighted by Gasteiger charge is -2.12. The first-order chi connectivity index (χ1) is 17.4. The van der Waals surface area contributed by atoms with Crippen molar-refractivity contribution in [2.45, 2.75) is 43.5 Å². The van der Waals surface area contributed by atoms with Crippen molar-refractivity contribution in [3.63, 3.8) is 0 Å². The number of halogens is 1. The fourth-order valence-corrected chi connectivity index (χ4v) is 6.27. The number of nitrogens with one attached hydrogen (secondary N) is 2. The maximum Gasteiger partial charge on any atom is 0.341 e. The van der Waals surface area contributed by atoms with Gasteiger partial charge in [0.15, 0.2) is 10.8 Å². The van der Waals surface area contributed by atoms with E-state index < -0.39 is 11.2 Å². The number of fused-ring (bicyclic) bond motifs is 2. The standard InChI is InChI=1S/C24H22ClN5O4S2/c1-3-34-23(33)18-15-5-4-6-17(15)36-22(18)28-20(31)12(2)35-24-27-19-16(21(32)29-24)11-26-30(19)14-9-7-13(25)8-10-14/h7-12H,3-6H2,1-2H3,(H,28,31)(H,27,29,32). The zero-order chi connectivity index (χ0) is 25.4. The molecule has 1 atom stereocenters. The van der Waals surface area contributed by atoms with Crippen LogP contribution < -0.4 is 10.9 Å². The molecule has 5 rings (SSSR count). The minimum atomic E-state index is -0.607. The van der Waals surface area contributed by atoms with E-state index in [1.807, 2.05) is 0 Å². The van der Waals surface area contributed by atoms with Crippen molar-refractivity contribution in [1.82, 2.24) is 19.7 Å². The summed E-state index contributed by atoms with van der Waals surface area (Å²) >= 11 is 8.52. The first kappa shape index (κ1) is 24.5. The lowest BCUT2D eigenvalue weighted by atomic mass is 10.1. The van der Waals surface area contributed by atoms with Gasteiger partial charge in [-0.05, 0) is 62.9 Å². The van der Waals surface area contributed by atoms with Crippen molar-refractivity contribution in [1.29, 1.82) is 0 Å². The van der Waals surface area contributed by atoms with Gasteiger partial charge < -0.3 is 15.0 Å².